The smallest absolute Gasteiger partial charge is 0.331 e. The maximum absolute atomic E-state index is 11.6. The zero-order valence-electron chi connectivity index (χ0n) is 16.1. The van der Waals surface area contributed by atoms with Gasteiger partial charge in [-0.1, -0.05) is 0 Å². The first-order chi connectivity index (χ1) is 13.6. The molecule has 1 fully saturated rings. The number of allylic oxidation sites excluding steroid dienone is 1. The molecule has 0 aliphatic carbocycles. The summed E-state index contributed by atoms with van der Waals surface area (Å²) in [7, 11) is 0. The molecule has 0 radical (unpaired) electrons. The van der Waals surface area contributed by atoms with E-state index >= 15 is 0 Å². The van der Waals surface area contributed by atoms with Crippen LogP contribution < -0.4 is 21.3 Å². The number of pyridine rings is 1. The quantitative estimate of drug-likeness (QED) is 0.504. The molecule has 3 rings (SSSR count). The van der Waals surface area contributed by atoms with Gasteiger partial charge in [-0.05, 0) is 31.6 Å². The molecule has 3 heterocycles. The zero-order valence-corrected chi connectivity index (χ0v) is 16.1. The number of hydrogen-bond donors (Lipinski definition) is 3. The highest BCUT2D eigenvalue weighted by atomic mass is 16.5. The molecule has 2 aromatic heterocycles. The summed E-state index contributed by atoms with van der Waals surface area (Å²) >= 11 is 0. The number of piperazine rings is 1. The number of nitrogen functional groups attached to an aromatic ring is 1. The Kier molecular flexibility index (Phi) is 6.38. The maximum atomic E-state index is 11.6. The molecule has 2 aromatic rings. The van der Waals surface area contributed by atoms with Crippen LogP contribution in [0.5, 0.6) is 0 Å². The van der Waals surface area contributed by atoms with Crippen LogP contribution >= 0.6 is 0 Å². The highest BCUT2D eigenvalue weighted by Crippen LogP contribution is 2.22. The predicted molar refractivity (Wildman–Crippen MR) is 109 cm³/mol. The molecule has 0 saturated carbocycles. The molecule has 1 saturated heterocycles. The van der Waals surface area contributed by atoms with Crippen LogP contribution in [0.2, 0.25) is 0 Å². The minimum absolute atomic E-state index is 0.271. The number of anilines is 4. The van der Waals surface area contributed by atoms with E-state index in [2.05, 4.69) is 30.5 Å². The largest absolute Gasteiger partial charge is 0.463 e. The van der Waals surface area contributed by atoms with Gasteiger partial charge in [-0.3, -0.25) is 0 Å². The van der Waals surface area contributed by atoms with Crippen molar-refractivity contribution in [1.29, 1.82) is 0 Å². The van der Waals surface area contributed by atoms with Gasteiger partial charge in [0.05, 0.1) is 18.5 Å². The van der Waals surface area contributed by atoms with E-state index in [4.69, 9.17) is 10.5 Å². The number of ether oxygens (including phenoxy) is 1. The van der Waals surface area contributed by atoms with E-state index in [1.165, 1.54) is 6.08 Å². The minimum Gasteiger partial charge on any atom is -0.463 e. The van der Waals surface area contributed by atoms with Gasteiger partial charge in [0.25, 0.3) is 0 Å². The second-order valence-electron chi connectivity index (χ2n) is 6.34. The standard InChI is InChI=1S/C19H25N7O2/c1-3-28-17(27)10-13(2)15-12-23-19(25-18(15)20)24-16-5-4-14(11-22-16)26-8-6-21-7-9-26/h4-5,10-12,21H,3,6-9H2,1-2H3,(H3,20,22,23,24,25)/b13-10-. The normalized spacial score (nSPS) is 14.6. The lowest BCUT2D eigenvalue weighted by Crippen LogP contribution is -2.43. The zero-order chi connectivity index (χ0) is 19.9. The molecular weight excluding hydrogens is 358 g/mol. The number of hydrogen-bond acceptors (Lipinski definition) is 9. The van der Waals surface area contributed by atoms with Crippen LogP contribution in [-0.2, 0) is 9.53 Å². The first-order valence-corrected chi connectivity index (χ1v) is 9.23. The van der Waals surface area contributed by atoms with Gasteiger partial charge < -0.3 is 26.0 Å². The lowest BCUT2D eigenvalue weighted by Gasteiger charge is -2.29. The summed E-state index contributed by atoms with van der Waals surface area (Å²) in [5.41, 5.74) is 8.34. The summed E-state index contributed by atoms with van der Waals surface area (Å²) in [5, 5.41) is 6.38. The molecule has 0 atom stereocenters. The first kappa shape index (κ1) is 19.6. The monoisotopic (exact) mass is 383 g/mol. The molecule has 0 aromatic carbocycles. The molecule has 9 heteroatoms. The lowest BCUT2D eigenvalue weighted by atomic mass is 10.1. The van der Waals surface area contributed by atoms with Gasteiger partial charge in [0.15, 0.2) is 0 Å². The van der Waals surface area contributed by atoms with Gasteiger partial charge >= 0.3 is 5.97 Å². The van der Waals surface area contributed by atoms with Crippen molar-refractivity contribution >= 4 is 34.8 Å². The average molecular weight is 383 g/mol. The van der Waals surface area contributed by atoms with Crippen LogP contribution in [0.15, 0.2) is 30.6 Å². The third kappa shape index (κ3) is 4.95. The van der Waals surface area contributed by atoms with E-state index in [0.717, 1.165) is 31.9 Å². The Bertz CT molecular complexity index is 846. The van der Waals surface area contributed by atoms with Crippen molar-refractivity contribution in [2.45, 2.75) is 13.8 Å². The number of esters is 1. The third-order valence-electron chi connectivity index (χ3n) is 4.33. The Morgan fingerprint density at radius 3 is 2.75 bits per heavy atom. The summed E-state index contributed by atoms with van der Waals surface area (Å²) in [6.07, 6.45) is 4.78. The molecule has 0 bridgehead atoms. The Hall–Kier alpha value is -3.20. The van der Waals surface area contributed by atoms with Gasteiger partial charge in [0.2, 0.25) is 5.95 Å². The van der Waals surface area contributed by atoms with Crippen LogP contribution in [0.1, 0.15) is 19.4 Å². The van der Waals surface area contributed by atoms with Crippen LogP contribution in [-0.4, -0.2) is 53.7 Å². The minimum atomic E-state index is -0.421. The fourth-order valence-corrected chi connectivity index (χ4v) is 2.88. The van der Waals surface area contributed by atoms with Gasteiger partial charge in [-0.25, -0.2) is 14.8 Å². The number of carbonyl (C=O) groups excluding carboxylic acids is 1. The van der Waals surface area contributed by atoms with Crippen LogP contribution in [0.25, 0.3) is 5.57 Å². The second kappa shape index (κ2) is 9.14. The lowest BCUT2D eigenvalue weighted by molar-refractivity contribution is -0.137. The Morgan fingerprint density at radius 1 is 1.32 bits per heavy atom. The van der Waals surface area contributed by atoms with Gasteiger partial charge in [-0.15, -0.1) is 0 Å². The third-order valence-corrected chi connectivity index (χ3v) is 4.33. The highest BCUT2D eigenvalue weighted by Gasteiger charge is 2.12. The van der Waals surface area contributed by atoms with Crippen molar-refractivity contribution < 1.29 is 9.53 Å². The number of nitrogens with zero attached hydrogens (tertiary/aromatic N) is 4. The van der Waals surface area contributed by atoms with Crippen molar-refractivity contribution in [1.82, 2.24) is 20.3 Å². The first-order valence-electron chi connectivity index (χ1n) is 9.23. The van der Waals surface area contributed by atoms with E-state index in [0.29, 0.717) is 29.5 Å². The van der Waals surface area contributed by atoms with Crippen molar-refractivity contribution in [3.05, 3.63) is 36.2 Å². The van der Waals surface area contributed by atoms with E-state index in [-0.39, 0.29) is 5.82 Å². The molecule has 4 N–H and O–H groups in total. The van der Waals surface area contributed by atoms with Crippen LogP contribution in [0.4, 0.5) is 23.3 Å². The molecule has 0 unspecified atom stereocenters. The van der Waals surface area contributed by atoms with E-state index in [1.807, 2.05) is 18.3 Å². The Labute approximate surface area is 164 Å². The molecule has 1 aliphatic rings. The SMILES string of the molecule is CCOC(=O)/C=C(/C)c1cnc(Nc2ccc(N3CCNCC3)cn2)nc1N. The number of nitrogens with one attached hydrogen (secondary N) is 2. The van der Waals surface area contributed by atoms with Crippen LogP contribution in [0, 0.1) is 0 Å². The number of aromatic nitrogens is 3. The van der Waals surface area contributed by atoms with Crippen molar-refractivity contribution in [2.75, 3.05) is 48.7 Å². The van der Waals surface area contributed by atoms with Gasteiger partial charge in [0, 0.05) is 44.0 Å². The Balaban J connectivity index is 1.68. The number of nitrogens with two attached hydrogens (primary N) is 1. The molecule has 9 nitrogen and oxygen atoms in total. The summed E-state index contributed by atoms with van der Waals surface area (Å²) in [6, 6.07) is 3.90. The summed E-state index contributed by atoms with van der Waals surface area (Å²) in [6.45, 7) is 7.71. The molecule has 0 spiro atoms. The van der Waals surface area contributed by atoms with Crippen molar-refractivity contribution in [3.8, 4) is 0 Å². The topological polar surface area (TPSA) is 118 Å². The summed E-state index contributed by atoms with van der Waals surface area (Å²) in [5.74, 6) is 0.820. The Morgan fingerprint density at radius 2 is 2.11 bits per heavy atom. The van der Waals surface area contributed by atoms with E-state index < -0.39 is 5.97 Å². The summed E-state index contributed by atoms with van der Waals surface area (Å²) < 4.78 is 4.91. The van der Waals surface area contributed by atoms with E-state index in [9.17, 15) is 4.79 Å². The van der Waals surface area contributed by atoms with Gasteiger partial charge in [-0.2, -0.15) is 4.98 Å². The molecule has 1 aliphatic heterocycles. The van der Waals surface area contributed by atoms with Crippen LogP contribution in [0.3, 0.4) is 0 Å². The fraction of sp³-hybridized carbons (Fsp3) is 0.368. The predicted octanol–water partition coefficient (Wildman–Crippen LogP) is 1.57. The second-order valence-corrected chi connectivity index (χ2v) is 6.34. The summed E-state index contributed by atoms with van der Waals surface area (Å²) in [4.78, 5) is 26.8. The number of rotatable bonds is 6. The average Bonchev–Trinajstić information content (AvgIpc) is 2.69. The molecule has 28 heavy (non-hydrogen) atoms. The molecule has 148 valence electrons. The number of carbonyl (C=O) groups is 1. The van der Waals surface area contributed by atoms with Crippen molar-refractivity contribution in [3.63, 3.8) is 0 Å². The molecule has 0 amide bonds. The maximum Gasteiger partial charge on any atom is 0.331 e. The molecular formula is C19H25N7O2. The van der Waals surface area contributed by atoms with Gasteiger partial charge in [0.1, 0.15) is 11.6 Å². The van der Waals surface area contributed by atoms with E-state index in [1.54, 1.807) is 20.0 Å². The highest BCUT2D eigenvalue weighted by molar-refractivity contribution is 5.92. The van der Waals surface area contributed by atoms with Crippen molar-refractivity contribution in [2.24, 2.45) is 0 Å². The fourth-order valence-electron chi connectivity index (χ4n) is 2.88.